The molecule has 68 valence electrons. The monoisotopic (exact) mass is 182 g/mol. The zero-order chi connectivity index (χ0) is 9.68. The number of para-hydroxylation sites is 1. The Morgan fingerprint density at radius 1 is 1.46 bits per heavy atom. The first-order valence-corrected chi connectivity index (χ1v) is 3.41. The van der Waals surface area contributed by atoms with Crippen molar-refractivity contribution in [3.05, 3.63) is 35.0 Å². The highest BCUT2D eigenvalue weighted by Gasteiger charge is 1.97. The van der Waals surface area contributed by atoms with Gasteiger partial charge in [0.25, 0.3) is 5.96 Å². The molecule has 13 heavy (non-hydrogen) atoms. The lowest BCUT2D eigenvalue weighted by molar-refractivity contribution is 0.630. The smallest absolute Gasteiger partial charge is 0.279 e. The molecule has 1 aromatic rings. The van der Waals surface area contributed by atoms with Crippen molar-refractivity contribution >= 4 is 11.6 Å². The lowest BCUT2D eigenvalue weighted by Gasteiger charge is -1.99. The van der Waals surface area contributed by atoms with Gasteiger partial charge in [-0.2, -0.15) is 0 Å². The number of nitrogens with zero attached hydrogens (tertiary/aromatic N) is 2. The molecule has 3 N–H and O–H groups in total. The van der Waals surface area contributed by atoms with E-state index < -0.39 is 11.8 Å². The van der Waals surface area contributed by atoms with Gasteiger partial charge in [0.2, 0.25) is 0 Å². The molecule has 0 saturated carbocycles. The number of hydrogen-bond donors (Lipinski definition) is 2. The van der Waals surface area contributed by atoms with E-state index in [1.807, 2.05) is 0 Å². The molecule has 0 bridgehead atoms. The first kappa shape index (κ1) is 9.11. The molecule has 0 radical (unpaired) electrons. The van der Waals surface area contributed by atoms with Gasteiger partial charge in [-0.3, -0.25) is 5.43 Å². The van der Waals surface area contributed by atoms with Crippen LogP contribution in [0.4, 0.5) is 10.1 Å². The zero-order valence-corrected chi connectivity index (χ0v) is 6.57. The van der Waals surface area contributed by atoms with Crippen LogP contribution in [0.25, 0.3) is 0 Å². The fraction of sp³-hybridized carbons (Fsp3) is 0. The Morgan fingerprint density at radius 3 is 2.77 bits per heavy atom. The minimum absolute atomic E-state index is 0.133. The molecule has 6 heteroatoms. The van der Waals surface area contributed by atoms with Crippen molar-refractivity contribution in [2.45, 2.75) is 0 Å². The molecule has 0 fully saturated rings. The second-order valence-corrected chi connectivity index (χ2v) is 2.15. The standard InChI is InChI=1S/C7H7FN4O/c8-5-3-1-2-4-6(5)10-11-7(9)12-13/h1-4,10H,(H2,9,11). The van der Waals surface area contributed by atoms with Crippen molar-refractivity contribution < 1.29 is 4.39 Å². The molecule has 0 aliphatic rings. The van der Waals surface area contributed by atoms with Gasteiger partial charge in [0.15, 0.2) is 0 Å². The topological polar surface area (TPSA) is 79.8 Å². The van der Waals surface area contributed by atoms with Crippen LogP contribution in [0.5, 0.6) is 0 Å². The van der Waals surface area contributed by atoms with Gasteiger partial charge in [-0.05, 0) is 12.1 Å². The Kier molecular flexibility index (Phi) is 2.91. The van der Waals surface area contributed by atoms with Crippen LogP contribution in [0, 0.1) is 10.7 Å². The van der Waals surface area contributed by atoms with Gasteiger partial charge in [-0.25, -0.2) is 4.39 Å². The molecule has 1 aromatic carbocycles. The molecule has 0 atom stereocenters. The lowest BCUT2D eigenvalue weighted by Crippen LogP contribution is -2.09. The number of guanidine groups is 1. The van der Waals surface area contributed by atoms with Crippen LogP contribution in [0.1, 0.15) is 0 Å². The van der Waals surface area contributed by atoms with Crippen LogP contribution in [0.2, 0.25) is 0 Å². The average Bonchev–Trinajstić information content (AvgIpc) is 2.16. The minimum atomic E-state index is -0.483. The minimum Gasteiger partial charge on any atom is -0.364 e. The highest BCUT2D eigenvalue weighted by atomic mass is 19.1. The molecule has 0 spiro atoms. The van der Waals surface area contributed by atoms with E-state index in [1.54, 1.807) is 6.07 Å². The number of hydrazone groups is 1. The van der Waals surface area contributed by atoms with E-state index in [4.69, 9.17) is 5.73 Å². The maximum absolute atomic E-state index is 12.9. The Labute approximate surface area is 73.4 Å². The van der Waals surface area contributed by atoms with Crippen molar-refractivity contribution in [2.24, 2.45) is 16.0 Å². The van der Waals surface area contributed by atoms with Gasteiger partial charge in [0.1, 0.15) is 5.82 Å². The maximum atomic E-state index is 12.9. The predicted molar refractivity (Wildman–Crippen MR) is 47.4 cm³/mol. The fourth-order valence-corrected chi connectivity index (χ4v) is 0.690. The summed E-state index contributed by atoms with van der Waals surface area (Å²) >= 11 is 0. The Morgan fingerprint density at radius 2 is 2.15 bits per heavy atom. The fourth-order valence-electron chi connectivity index (χ4n) is 0.690. The van der Waals surface area contributed by atoms with E-state index in [2.05, 4.69) is 15.7 Å². The third-order valence-corrected chi connectivity index (χ3v) is 1.26. The second-order valence-electron chi connectivity index (χ2n) is 2.15. The quantitative estimate of drug-likeness (QED) is 0.312. The SMILES string of the molecule is N/C(N=O)=N\Nc1ccccc1F. The lowest BCUT2D eigenvalue weighted by atomic mass is 10.3. The highest BCUT2D eigenvalue weighted by molar-refractivity contribution is 5.79. The van der Waals surface area contributed by atoms with Crippen molar-refractivity contribution in [3.8, 4) is 0 Å². The summed E-state index contributed by atoms with van der Waals surface area (Å²) in [5, 5.41) is 5.63. The molecule has 0 aliphatic carbocycles. The number of hydrogen-bond acceptors (Lipinski definition) is 3. The molecular formula is C7H7FN4O. The van der Waals surface area contributed by atoms with Crippen molar-refractivity contribution in [3.63, 3.8) is 0 Å². The van der Waals surface area contributed by atoms with Crippen LogP contribution < -0.4 is 11.2 Å². The van der Waals surface area contributed by atoms with Gasteiger partial charge >= 0.3 is 0 Å². The molecule has 0 unspecified atom stereocenters. The van der Waals surface area contributed by atoms with Gasteiger partial charge in [-0.1, -0.05) is 12.1 Å². The maximum Gasteiger partial charge on any atom is 0.279 e. The van der Waals surface area contributed by atoms with Gasteiger partial charge in [0.05, 0.1) is 5.69 Å². The van der Waals surface area contributed by atoms with Gasteiger partial charge in [-0.15, -0.1) is 10.0 Å². The first-order valence-electron chi connectivity index (χ1n) is 3.41. The van der Waals surface area contributed by atoms with Crippen LogP contribution in [0.15, 0.2) is 34.5 Å². The Bertz CT molecular complexity index is 339. The highest BCUT2D eigenvalue weighted by Crippen LogP contribution is 2.11. The van der Waals surface area contributed by atoms with Crippen LogP contribution >= 0.6 is 0 Å². The van der Waals surface area contributed by atoms with Crippen molar-refractivity contribution in [2.75, 3.05) is 5.43 Å². The molecule has 0 saturated heterocycles. The van der Waals surface area contributed by atoms with Gasteiger partial charge < -0.3 is 5.73 Å². The van der Waals surface area contributed by atoms with E-state index in [1.165, 1.54) is 18.2 Å². The van der Waals surface area contributed by atoms with E-state index in [0.29, 0.717) is 0 Å². The molecule has 0 heterocycles. The van der Waals surface area contributed by atoms with Crippen molar-refractivity contribution in [1.82, 2.24) is 0 Å². The van der Waals surface area contributed by atoms with Crippen LogP contribution in [0.3, 0.4) is 0 Å². The van der Waals surface area contributed by atoms with E-state index in [-0.39, 0.29) is 5.69 Å². The summed E-state index contributed by atoms with van der Waals surface area (Å²) in [4.78, 5) is 9.77. The molecule has 0 aromatic heterocycles. The largest absolute Gasteiger partial charge is 0.364 e. The second kappa shape index (κ2) is 4.15. The average molecular weight is 182 g/mol. The molecule has 1 rings (SSSR count). The van der Waals surface area contributed by atoms with Gasteiger partial charge in [0, 0.05) is 5.18 Å². The molecule has 0 amide bonds. The summed E-state index contributed by atoms with van der Waals surface area (Å²) in [6.07, 6.45) is 0. The Hall–Kier alpha value is -1.98. The summed E-state index contributed by atoms with van der Waals surface area (Å²) in [5.41, 5.74) is 7.35. The summed E-state index contributed by atoms with van der Waals surface area (Å²) in [5.74, 6) is -0.965. The normalized spacial score (nSPS) is 11.0. The molecule has 5 nitrogen and oxygen atoms in total. The molecular weight excluding hydrogens is 175 g/mol. The third-order valence-electron chi connectivity index (χ3n) is 1.26. The number of nitrogens with one attached hydrogen (secondary N) is 1. The third kappa shape index (κ3) is 2.51. The van der Waals surface area contributed by atoms with E-state index >= 15 is 0 Å². The summed E-state index contributed by atoms with van der Waals surface area (Å²) in [7, 11) is 0. The number of halogens is 1. The zero-order valence-electron chi connectivity index (χ0n) is 6.57. The molecule has 0 aliphatic heterocycles. The summed E-state index contributed by atoms with van der Waals surface area (Å²) in [6.45, 7) is 0. The van der Waals surface area contributed by atoms with Crippen LogP contribution in [-0.2, 0) is 0 Å². The Balaban J connectivity index is 2.75. The van der Waals surface area contributed by atoms with Crippen molar-refractivity contribution in [1.29, 1.82) is 0 Å². The van der Waals surface area contributed by atoms with E-state index in [0.717, 1.165) is 0 Å². The summed E-state index contributed by atoms with van der Waals surface area (Å²) < 4.78 is 12.9. The number of nitrogens with two attached hydrogens (primary N) is 1. The number of nitroso groups, excluding NO2 is 1. The number of benzene rings is 1. The number of rotatable bonds is 2. The summed E-state index contributed by atoms with van der Waals surface area (Å²) in [6, 6.07) is 5.86. The van der Waals surface area contributed by atoms with E-state index in [9.17, 15) is 9.30 Å². The first-order chi connectivity index (χ1) is 6.24. The predicted octanol–water partition coefficient (Wildman–Crippen LogP) is 1.23. The number of anilines is 1. The van der Waals surface area contributed by atoms with Crippen LogP contribution in [-0.4, -0.2) is 5.96 Å².